The molecule has 0 aliphatic carbocycles. The maximum atomic E-state index is 12.7. The molecule has 0 unspecified atom stereocenters. The normalized spacial score (nSPS) is 11.4. The van der Waals surface area contributed by atoms with E-state index in [1.54, 1.807) is 60.7 Å². The summed E-state index contributed by atoms with van der Waals surface area (Å²) in [7, 11) is -3.76. The highest BCUT2D eigenvalue weighted by atomic mass is 32.2. The number of para-hydroxylation sites is 1. The zero-order valence-corrected chi connectivity index (χ0v) is 15.1. The van der Waals surface area contributed by atoms with Gasteiger partial charge in [-0.25, -0.2) is 8.42 Å². The van der Waals surface area contributed by atoms with Crippen molar-refractivity contribution < 1.29 is 17.4 Å². The number of hydrogen-bond donors (Lipinski definition) is 1. The van der Waals surface area contributed by atoms with Crippen LogP contribution in [-0.4, -0.2) is 18.6 Å². The van der Waals surface area contributed by atoms with Crippen molar-refractivity contribution in [2.75, 3.05) is 4.72 Å². The first-order valence-electron chi connectivity index (χ1n) is 8.09. The van der Waals surface area contributed by atoms with Crippen molar-refractivity contribution in [2.45, 2.75) is 11.8 Å². The summed E-state index contributed by atoms with van der Waals surface area (Å²) < 4.78 is 38.5. The van der Waals surface area contributed by atoms with Crippen LogP contribution in [0.15, 0.2) is 80.8 Å². The third-order valence-corrected chi connectivity index (χ3v) is 5.28. The predicted molar refractivity (Wildman–Crippen MR) is 99.4 cm³/mol. The zero-order chi connectivity index (χ0) is 18.9. The summed E-state index contributed by atoms with van der Waals surface area (Å²) in [6.45, 7) is 1.89. The molecule has 0 saturated carbocycles. The molecule has 1 N–H and O–H groups in total. The van der Waals surface area contributed by atoms with Gasteiger partial charge in [0.15, 0.2) is 5.76 Å². The fourth-order valence-corrected chi connectivity index (χ4v) is 3.60. The van der Waals surface area contributed by atoms with E-state index in [0.717, 1.165) is 5.56 Å². The quantitative estimate of drug-likeness (QED) is 0.559. The number of furan rings is 1. The average Bonchev–Trinajstić information content (AvgIpc) is 3.34. The number of hydrogen-bond acceptors (Lipinski definition) is 6. The average molecular weight is 381 g/mol. The van der Waals surface area contributed by atoms with Gasteiger partial charge in [-0.15, -0.1) is 0 Å². The van der Waals surface area contributed by atoms with E-state index in [4.69, 9.17) is 8.94 Å². The standard InChI is InChI=1S/C19H15N3O4S/c1-13-8-10-14(11-9-13)27(23,24)22-16-6-3-2-5-15(16)19-20-18(21-26-19)17-7-4-12-25-17/h2-12,22H,1H3. The Kier molecular flexibility index (Phi) is 4.25. The lowest BCUT2D eigenvalue weighted by molar-refractivity contribution is 0.429. The second-order valence-corrected chi connectivity index (χ2v) is 7.55. The van der Waals surface area contributed by atoms with Gasteiger partial charge in [0, 0.05) is 0 Å². The fraction of sp³-hybridized carbons (Fsp3) is 0.0526. The van der Waals surface area contributed by atoms with Crippen molar-refractivity contribution >= 4 is 15.7 Å². The Morgan fingerprint density at radius 1 is 0.963 bits per heavy atom. The Balaban J connectivity index is 1.69. The van der Waals surface area contributed by atoms with Crippen LogP contribution in [0.1, 0.15) is 5.56 Å². The molecule has 27 heavy (non-hydrogen) atoms. The third kappa shape index (κ3) is 3.47. The minimum absolute atomic E-state index is 0.171. The topological polar surface area (TPSA) is 98.2 Å². The van der Waals surface area contributed by atoms with E-state index in [2.05, 4.69) is 14.9 Å². The molecule has 7 nitrogen and oxygen atoms in total. The molecule has 0 saturated heterocycles. The smallest absolute Gasteiger partial charge is 0.261 e. The molecule has 4 aromatic rings. The van der Waals surface area contributed by atoms with Crippen LogP contribution in [0.3, 0.4) is 0 Å². The van der Waals surface area contributed by atoms with E-state index in [-0.39, 0.29) is 16.6 Å². The minimum Gasteiger partial charge on any atom is -0.461 e. The van der Waals surface area contributed by atoms with Crippen molar-refractivity contribution in [1.29, 1.82) is 0 Å². The maximum Gasteiger partial charge on any atom is 0.261 e. The molecule has 4 rings (SSSR count). The summed E-state index contributed by atoms with van der Waals surface area (Å²) in [4.78, 5) is 4.46. The molecule has 0 spiro atoms. The highest BCUT2D eigenvalue weighted by molar-refractivity contribution is 7.92. The molecule has 2 aromatic carbocycles. The number of aromatic nitrogens is 2. The SMILES string of the molecule is Cc1ccc(S(=O)(=O)Nc2ccccc2-c2nc(-c3ccco3)no2)cc1. The van der Waals surface area contributed by atoms with E-state index < -0.39 is 10.0 Å². The number of rotatable bonds is 5. The molecule has 136 valence electrons. The van der Waals surface area contributed by atoms with Gasteiger partial charge >= 0.3 is 0 Å². The predicted octanol–water partition coefficient (Wildman–Crippen LogP) is 4.11. The minimum atomic E-state index is -3.76. The van der Waals surface area contributed by atoms with E-state index in [1.807, 2.05) is 6.92 Å². The summed E-state index contributed by atoms with van der Waals surface area (Å²) in [6, 6.07) is 16.8. The molecule has 2 heterocycles. The van der Waals surface area contributed by atoms with Crippen molar-refractivity contribution in [3.05, 3.63) is 72.5 Å². The molecule has 8 heteroatoms. The first kappa shape index (κ1) is 17.0. The Morgan fingerprint density at radius 2 is 1.74 bits per heavy atom. The highest BCUT2D eigenvalue weighted by Crippen LogP contribution is 2.30. The second kappa shape index (κ2) is 6.73. The Morgan fingerprint density at radius 3 is 2.48 bits per heavy atom. The number of anilines is 1. The van der Waals surface area contributed by atoms with E-state index in [0.29, 0.717) is 17.0 Å². The van der Waals surface area contributed by atoms with Crippen LogP contribution in [0, 0.1) is 6.92 Å². The Labute approximate surface area is 155 Å². The third-order valence-electron chi connectivity index (χ3n) is 3.90. The van der Waals surface area contributed by atoms with Crippen molar-refractivity contribution in [1.82, 2.24) is 10.1 Å². The Bertz CT molecular complexity index is 1160. The van der Waals surface area contributed by atoms with Gasteiger partial charge in [-0.2, -0.15) is 4.98 Å². The largest absolute Gasteiger partial charge is 0.461 e. The van der Waals surface area contributed by atoms with Gasteiger partial charge in [0.05, 0.1) is 22.4 Å². The summed E-state index contributed by atoms with van der Waals surface area (Å²) in [5.41, 5.74) is 1.79. The van der Waals surface area contributed by atoms with Crippen LogP contribution in [0.5, 0.6) is 0 Å². The van der Waals surface area contributed by atoms with Gasteiger partial charge in [0.2, 0.25) is 5.82 Å². The van der Waals surface area contributed by atoms with Crippen LogP contribution in [0.25, 0.3) is 23.0 Å². The second-order valence-electron chi connectivity index (χ2n) is 5.86. The summed E-state index contributed by atoms with van der Waals surface area (Å²) in [5, 5.41) is 3.88. The zero-order valence-electron chi connectivity index (χ0n) is 14.3. The fourth-order valence-electron chi connectivity index (χ4n) is 2.52. The lowest BCUT2D eigenvalue weighted by Crippen LogP contribution is -2.13. The molecule has 0 atom stereocenters. The summed E-state index contributed by atoms with van der Waals surface area (Å²) in [6.07, 6.45) is 1.51. The highest BCUT2D eigenvalue weighted by Gasteiger charge is 2.19. The first-order valence-corrected chi connectivity index (χ1v) is 9.58. The van der Waals surface area contributed by atoms with Crippen LogP contribution >= 0.6 is 0 Å². The molecular weight excluding hydrogens is 366 g/mol. The van der Waals surface area contributed by atoms with Gasteiger partial charge in [-0.3, -0.25) is 4.72 Å². The van der Waals surface area contributed by atoms with Gasteiger partial charge in [-0.05, 0) is 43.3 Å². The van der Waals surface area contributed by atoms with E-state index >= 15 is 0 Å². The first-order chi connectivity index (χ1) is 13.0. The van der Waals surface area contributed by atoms with Gasteiger partial charge in [0.1, 0.15) is 0 Å². The number of nitrogens with one attached hydrogen (secondary N) is 1. The number of benzene rings is 2. The molecule has 0 amide bonds. The lowest BCUT2D eigenvalue weighted by Gasteiger charge is -2.10. The van der Waals surface area contributed by atoms with Gasteiger partial charge in [-0.1, -0.05) is 35.0 Å². The van der Waals surface area contributed by atoms with Crippen LogP contribution in [0.2, 0.25) is 0 Å². The number of aryl methyl sites for hydroxylation is 1. The van der Waals surface area contributed by atoms with Gasteiger partial charge in [0.25, 0.3) is 15.9 Å². The molecule has 2 aromatic heterocycles. The van der Waals surface area contributed by atoms with Crippen LogP contribution in [-0.2, 0) is 10.0 Å². The van der Waals surface area contributed by atoms with Crippen LogP contribution < -0.4 is 4.72 Å². The van der Waals surface area contributed by atoms with Crippen molar-refractivity contribution in [3.63, 3.8) is 0 Å². The lowest BCUT2D eigenvalue weighted by atomic mass is 10.2. The summed E-state index contributed by atoms with van der Waals surface area (Å²) in [5.74, 6) is 0.928. The molecule has 0 fully saturated rings. The van der Waals surface area contributed by atoms with Crippen LogP contribution in [0.4, 0.5) is 5.69 Å². The molecule has 0 aliphatic rings. The molecule has 0 aliphatic heterocycles. The van der Waals surface area contributed by atoms with Crippen molar-refractivity contribution in [2.24, 2.45) is 0 Å². The molecular formula is C19H15N3O4S. The maximum absolute atomic E-state index is 12.7. The molecule has 0 radical (unpaired) electrons. The van der Waals surface area contributed by atoms with E-state index in [9.17, 15) is 8.42 Å². The van der Waals surface area contributed by atoms with Crippen molar-refractivity contribution in [3.8, 4) is 23.0 Å². The number of nitrogens with zero attached hydrogens (tertiary/aromatic N) is 2. The molecule has 0 bridgehead atoms. The summed E-state index contributed by atoms with van der Waals surface area (Å²) >= 11 is 0. The number of sulfonamides is 1. The monoisotopic (exact) mass is 381 g/mol. The van der Waals surface area contributed by atoms with Gasteiger partial charge < -0.3 is 8.94 Å². The van der Waals surface area contributed by atoms with E-state index in [1.165, 1.54) is 6.26 Å². The Hall–Kier alpha value is -3.39.